The number of nitrogens with zero attached hydrogens (tertiary/aromatic N) is 3. The Kier molecular flexibility index (Phi) is 5.24. The van der Waals surface area contributed by atoms with Gasteiger partial charge in [0.2, 0.25) is 10.0 Å². The number of carbonyl (C=O) groups is 1. The molecule has 1 aromatic heterocycles. The number of nitrogens with one attached hydrogen (secondary N) is 1. The highest BCUT2D eigenvalue weighted by Crippen LogP contribution is 2.19. The van der Waals surface area contributed by atoms with Crippen LogP contribution in [0.1, 0.15) is 15.9 Å². The maximum Gasteiger partial charge on any atom is 0.253 e. The van der Waals surface area contributed by atoms with Gasteiger partial charge >= 0.3 is 0 Å². The Morgan fingerprint density at radius 2 is 1.92 bits per heavy atom. The van der Waals surface area contributed by atoms with Gasteiger partial charge in [0.25, 0.3) is 5.91 Å². The summed E-state index contributed by atoms with van der Waals surface area (Å²) in [6.07, 6.45) is 1.66. The van der Waals surface area contributed by atoms with Crippen molar-refractivity contribution >= 4 is 21.7 Å². The van der Waals surface area contributed by atoms with Crippen molar-refractivity contribution in [2.75, 3.05) is 32.1 Å². The van der Waals surface area contributed by atoms with Gasteiger partial charge in [-0.25, -0.2) is 18.1 Å². The van der Waals surface area contributed by atoms with E-state index >= 15 is 0 Å². The van der Waals surface area contributed by atoms with Gasteiger partial charge in [-0.2, -0.15) is 0 Å². The average Bonchev–Trinajstić information content (AvgIpc) is 2.59. The maximum absolute atomic E-state index is 12.4. The first kappa shape index (κ1) is 18.3. The van der Waals surface area contributed by atoms with E-state index in [-0.39, 0.29) is 25.5 Å². The van der Waals surface area contributed by atoms with Crippen LogP contribution < -0.4 is 9.62 Å². The average molecular weight is 374 g/mol. The van der Waals surface area contributed by atoms with Crippen molar-refractivity contribution in [1.29, 1.82) is 0 Å². The van der Waals surface area contributed by atoms with Crippen molar-refractivity contribution in [3.8, 4) is 0 Å². The molecule has 7 nitrogen and oxygen atoms in total. The van der Waals surface area contributed by atoms with Crippen LogP contribution in [0.4, 0.5) is 5.82 Å². The molecule has 1 fully saturated rings. The number of hydrogen-bond acceptors (Lipinski definition) is 5. The minimum absolute atomic E-state index is 0.137. The van der Waals surface area contributed by atoms with Crippen molar-refractivity contribution in [2.24, 2.45) is 0 Å². The standard InChI is InChI=1S/C18H22N4O3S/c1-21(2)17-10-14(8-9-19-17)11-20-26(24,25)16-12-22(13-16)18(23)15-6-4-3-5-7-15/h3-10,16,20H,11-13H2,1-2H3. The summed E-state index contributed by atoms with van der Waals surface area (Å²) in [5.41, 5.74) is 1.41. The van der Waals surface area contributed by atoms with Crippen molar-refractivity contribution in [3.63, 3.8) is 0 Å². The van der Waals surface area contributed by atoms with Gasteiger partial charge in [-0.1, -0.05) is 18.2 Å². The first-order chi connectivity index (χ1) is 12.4. The summed E-state index contributed by atoms with van der Waals surface area (Å²) in [6, 6.07) is 12.5. The Morgan fingerprint density at radius 1 is 1.23 bits per heavy atom. The summed E-state index contributed by atoms with van der Waals surface area (Å²) < 4.78 is 27.5. The molecule has 1 aromatic carbocycles. The van der Waals surface area contributed by atoms with Crippen LogP contribution in [0.15, 0.2) is 48.7 Å². The third-order valence-electron chi connectivity index (χ3n) is 4.34. The second-order valence-corrected chi connectivity index (χ2v) is 8.53. The molecule has 1 saturated heterocycles. The molecule has 3 rings (SSSR count). The van der Waals surface area contributed by atoms with Gasteiger partial charge in [0.15, 0.2) is 0 Å². The zero-order chi connectivity index (χ0) is 18.7. The molecule has 26 heavy (non-hydrogen) atoms. The quantitative estimate of drug-likeness (QED) is 0.819. The number of hydrogen-bond donors (Lipinski definition) is 1. The molecule has 2 heterocycles. The molecular weight excluding hydrogens is 352 g/mol. The van der Waals surface area contributed by atoms with E-state index in [2.05, 4.69) is 9.71 Å². The highest BCUT2D eigenvalue weighted by molar-refractivity contribution is 7.90. The first-order valence-corrected chi connectivity index (χ1v) is 9.86. The molecule has 1 aliphatic heterocycles. The van der Waals surface area contributed by atoms with Crippen LogP contribution in [0.5, 0.6) is 0 Å². The third-order valence-corrected chi connectivity index (χ3v) is 6.06. The molecule has 1 amide bonds. The minimum atomic E-state index is -3.48. The van der Waals surface area contributed by atoms with Crippen molar-refractivity contribution < 1.29 is 13.2 Å². The molecule has 0 bridgehead atoms. The summed E-state index contributed by atoms with van der Waals surface area (Å²) in [6.45, 7) is 0.625. The van der Waals surface area contributed by atoms with Crippen LogP contribution in [-0.2, 0) is 16.6 Å². The van der Waals surface area contributed by atoms with Crippen molar-refractivity contribution in [2.45, 2.75) is 11.8 Å². The zero-order valence-corrected chi connectivity index (χ0v) is 15.6. The number of aromatic nitrogens is 1. The van der Waals surface area contributed by atoms with Gasteiger partial charge in [0.05, 0.1) is 0 Å². The monoisotopic (exact) mass is 374 g/mol. The van der Waals surface area contributed by atoms with E-state index in [4.69, 9.17) is 0 Å². The second-order valence-electron chi connectivity index (χ2n) is 6.48. The fourth-order valence-corrected chi connectivity index (χ4v) is 4.04. The van der Waals surface area contributed by atoms with E-state index in [1.165, 1.54) is 0 Å². The molecule has 1 N–H and O–H groups in total. The molecule has 0 radical (unpaired) electrons. The molecule has 1 aliphatic rings. The molecule has 0 unspecified atom stereocenters. The van der Waals surface area contributed by atoms with E-state index in [0.717, 1.165) is 11.4 Å². The smallest absolute Gasteiger partial charge is 0.253 e. The number of pyridine rings is 1. The Labute approximate surface area is 153 Å². The Morgan fingerprint density at radius 3 is 2.58 bits per heavy atom. The molecule has 8 heteroatoms. The number of sulfonamides is 1. The first-order valence-electron chi connectivity index (χ1n) is 8.32. The summed E-state index contributed by atoms with van der Waals surface area (Å²) in [5.74, 6) is 0.631. The molecular formula is C18H22N4O3S. The van der Waals surface area contributed by atoms with Gasteiger partial charge in [-0.3, -0.25) is 4.79 Å². The van der Waals surface area contributed by atoms with Gasteiger partial charge in [-0.05, 0) is 29.8 Å². The number of benzene rings is 1. The normalized spacial score (nSPS) is 14.8. The summed E-state index contributed by atoms with van der Waals surface area (Å²) in [7, 11) is 0.275. The molecule has 0 saturated carbocycles. The van der Waals surface area contributed by atoms with Crippen LogP contribution >= 0.6 is 0 Å². The van der Waals surface area contributed by atoms with Crippen molar-refractivity contribution in [3.05, 3.63) is 59.8 Å². The SMILES string of the molecule is CN(C)c1cc(CNS(=O)(=O)C2CN(C(=O)c3ccccc3)C2)ccn1. The van der Waals surface area contributed by atoms with Crippen LogP contribution in [0.3, 0.4) is 0 Å². The summed E-state index contributed by atoms with van der Waals surface area (Å²) in [4.78, 5) is 19.9. The predicted octanol–water partition coefficient (Wildman–Crippen LogP) is 1.09. The van der Waals surface area contributed by atoms with E-state index < -0.39 is 15.3 Å². The molecule has 0 spiro atoms. The van der Waals surface area contributed by atoms with Crippen LogP contribution in [-0.4, -0.2) is 56.6 Å². The number of likely N-dealkylation sites (tertiary alicyclic amines) is 1. The molecule has 0 aliphatic carbocycles. The van der Waals surface area contributed by atoms with Gasteiger partial charge in [0, 0.05) is 45.5 Å². The lowest BCUT2D eigenvalue weighted by Crippen LogP contribution is -2.59. The lowest BCUT2D eigenvalue weighted by Gasteiger charge is -2.38. The van der Waals surface area contributed by atoms with Crippen LogP contribution in [0.25, 0.3) is 0 Å². The number of carbonyl (C=O) groups excluding carboxylic acids is 1. The van der Waals surface area contributed by atoms with E-state index in [1.807, 2.05) is 31.1 Å². The highest BCUT2D eigenvalue weighted by atomic mass is 32.2. The topological polar surface area (TPSA) is 82.6 Å². The van der Waals surface area contributed by atoms with Gasteiger partial charge in [0.1, 0.15) is 11.1 Å². The maximum atomic E-state index is 12.4. The summed E-state index contributed by atoms with van der Waals surface area (Å²) >= 11 is 0. The Balaban J connectivity index is 1.56. The lowest BCUT2D eigenvalue weighted by molar-refractivity contribution is 0.0658. The Hall–Kier alpha value is -2.45. The number of anilines is 1. The van der Waals surface area contributed by atoms with E-state index in [1.54, 1.807) is 41.4 Å². The largest absolute Gasteiger partial charge is 0.363 e. The molecule has 138 valence electrons. The molecule has 2 aromatic rings. The number of amides is 1. The Bertz CT molecular complexity index is 878. The van der Waals surface area contributed by atoms with E-state index in [9.17, 15) is 13.2 Å². The fraction of sp³-hybridized carbons (Fsp3) is 0.333. The minimum Gasteiger partial charge on any atom is -0.363 e. The lowest BCUT2D eigenvalue weighted by atomic mass is 10.1. The van der Waals surface area contributed by atoms with Gasteiger partial charge < -0.3 is 9.80 Å². The summed E-state index contributed by atoms with van der Waals surface area (Å²) in [5, 5.41) is -0.578. The predicted molar refractivity (Wildman–Crippen MR) is 100 cm³/mol. The number of rotatable bonds is 6. The van der Waals surface area contributed by atoms with Gasteiger partial charge in [-0.15, -0.1) is 0 Å². The second kappa shape index (κ2) is 7.43. The van der Waals surface area contributed by atoms with Crippen LogP contribution in [0, 0.1) is 0 Å². The molecule has 0 atom stereocenters. The fourth-order valence-electron chi connectivity index (χ4n) is 2.68. The van der Waals surface area contributed by atoms with Crippen LogP contribution in [0.2, 0.25) is 0 Å². The van der Waals surface area contributed by atoms with Crippen molar-refractivity contribution in [1.82, 2.24) is 14.6 Å². The highest BCUT2D eigenvalue weighted by Gasteiger charge is 2.39. The zero-order valence-electron chi connectivity index (χ0n) is 14.8. The third kappa shape index (κ3) is 4.03. The van der Waals surface area contributed by atoms with E-state index in [0.29, 0.717) is 5.56 Å².